The predicted octanol–water partition coefficient (Wildman–Crippen LogP) is 4.03. The van der Waals surface area contributed by atoms with Crippen LogP contribution in [-0.2, 0) is 11.2 Å². The molecule has 0 spiro atoms. The third-order valence-corrected chi connectivity index (χ3v) is 5.71. The summed E-state index contributed by atoms with van der Waals surface area (Å²) >= 11 is 6.16. The number of halogens is 1. The third-order valence-electron chi connectivity index (χ3n) is 5.48. The molecule has 4 rings (SSSR count). The molecule has 1 amide bonds. The highest BCUT2D eigenvalue weighted by molar-refractivity contribution is 6.31. The van der Waals surface area contributed by atoms with Gasteiger partial charge in [0, 0.05) is 53.5 Å². The van der Waals surface area contributed by atoms with E-state index >= 15 is 0 Å². The van der Waals surface area contributed by atoms with Crippen LogP contribution in [0.4, 0.5) is 5.69 Å². The van der Waals surface area contributed by atoms with Crippen molar-refractivity contribution in [2.75, 3.05) is 38.2 Å². The average Bonchev–Trinajstić information content (AvgIpc) is 3.03. The number of nitrogens with one attached hydrogen (secondary N) is 1. The number of hydrogen-bond acceptors (Lipinski definition) is 3. The van der Waals surface area contributed by atoms with Crippen LogP contribution in [0.3, 0.4) is 0 Å². The van der Waals surface area contributed by atoms with Crippen molar-refractivity contribution < 1.29 is 9.53 Å². The van der Waals surface area contributed by atoms with Gasteiger partial charge in [-0.2, -0.15) is 0 Å². The first-order valence-corrected chi connectivity index (χ1v) is 9.86. The monoisotopic (exact) mass is 397 g/mol. The maximum absolute atomic E-state index is 12.9. The summed E-state index contributed by atoms with van der Waals surface area (Å²) in [7, 11) is 1.67. The minimum absolute atomic E-state index is 0.165. The Morgan fingerprint density at radius 2 is 1.82 bits per heavy atom. The van der Waals surface area contributed by atoms with Gasteiger partial charge >= 0.3 is 0 Å². The van der Waals surface area contributed by atoms with Crippen LogP contribution in [0.5, 0.6) is 5.75 Å². The summed E-state index contributed by atoms with van der Waals surface area (Å²) in [4.78, 5) is 20.5. The van der Waals surface area contributed by atoms with Gasteiger partial charge in [-0.05, 0) is 55.0 Å². The van der Waals surface area contributed by atoms with Gasteiger partial charge < -0.3 is 19.5 Å². The molecule has 3 aromatic rings. The van der Waals surface area contributed by atoms with Crippen LogP contribution in [-0.4, -0.2) is 49.1 Å². The van der Waals surface area contributed by atoms with Crippen LogP contribution in [0.1, 0.15) is 11.3 Å². The van der Waals surface area contributed by atoms with Crippen LogP contribution < -0.4 is 9.64 Å². The molecule has 0 atom stereocenters. The van der Waals surface area contributed by atoms with Gasteiger partial charge in [-0.15, -0.1) is 0 Å². The second kappa shape index (κ2) is 7.76. The van der Waals surface area contributed by atoms with E-state index in [-0.39, 0.29) is 5.91 Å². The molecule has 1 saturated heterocycles. The number of ether oxygens (including phenoxy) is 1. The first-order chi connectivity index (χ1) is 13.5. The number of aromatic nitrogens is 1. The van der Waals surface area contributed by atoms with E-state index in [1.165, 1.54) is 0 Å². The first kappa shape index (κ1) is 18.7. The molecule has 2 heterocycles. The van der Waals surface area contributed by atoms with Crippen molar-refractivity contribution >= 4 is 34.1 Å². The molecule has 0 bridgehead atoms. The number of nitrogens with zero attached hydrogens (tertiary/aromatic N) is 2. The van der Waals surface area contributed by atoms with Gasteiger partial charge in [0.15, 0.2) is 0 Å². The fourth-order valence-electron chi connectivity index (χ4n) is 3.85. The van der Waals surface area contributed by atoms with Crippen molar-refractivity contribution in [2.45, 2.75) is 13.3 Å². The van der Waals surface area contributed by atoms with Crippen molar-refractivity contribution in [3.05, 3.63) is 58.7 Å². The molecule has 5 nitrogen and oxygen atoms in total. The second-order valence-corrected chi connectivity index (χ2v) is 7.60. The molecule has 1 fully saturated rings. The molecule has 0 saturated carbocycles. The zero-order chi connectivity index (χ0) is 19.7. The highest BCUT2D eigenvalue weighted by Crippen LogP contribution is 2.26. The number of H-pyrrole nitrogens is 1. The lowest BCUT2D eigenvalue weighted by atomic mass is 10.1. The van der Waals surface area contributed by atoms with Crippen LogP contribution in [0.15, 0.2) is 42.5 Å². The topological polar surface area (TPSA) is 48.6 Å². The number of fused-ring (bicyclic) bond motifs is 1. The normalized spacial score (nSPS) is 14.5. The third kappa shape index (κ3) is 3.67. The van der Waals surface area contributed by atoms with Crippen LogP contribution in [0.2, 0.25) is 5.02 Å². The predicted molar refractivity (Wildman–Crippen MR) is 114 cm³/mol. The highest BCUT2D eigenvalue weighted by Gasteiger charge is 2.23. The van der Waals surface area contributed by atoms with Gasteiger partial charge in [0.05, 0.1) is 13.5 Å². The maximum atomic E-state index is 12.9. The van der Waals surface area contributed by atoms with E-state index in [4.69, 9.17) is 16.3 Å². The number of carbonyl (C=O) groups excluding carboxylic acids is 1. The van der Waals surface area contributed by atoms with Crippen LogP contribution in [0.25, 0.3) is 10.9 Å². The number of aromatic amines is 1. The smallest absolute Gasteiger partial charge is 0.227 e. The van der Waals surface area contributed by atoms with Crippen molar-refractivity contribution in [1.29, 1.82) is 0 Å². The lowest BCUT2D eigenvalue weighted by Gasteiger charge is -2.36. The molecule has 0 radical (unpaired) electrons. The second-order valence-electron chi connectivity index (χ2n) is 7.16. The summed E-state index contributed by atoms with van der Waals surface area (Å²) in [6.07, 6.45) is 0.398. The largest absolute Gasteiger partial charge is 0.497 e. The molecule has 1 aliphatic rings. The molecule has 1 aromatic heterocycles. The number of anilines is 1. The molecular weight excluding hydrogens is 374 g/mol. The zero-order valence-electron chi connectivity index (χ0n) is 16.2. The minimum Gasteiger partial charge on any atom is -0.497 e. The van der Waals surface area contributed by atoms with E-state index in [1.54, 1.807) is 7.11 Å². The van der Waals surface area contributed by atoms with Crippen molar-refractivity contribution in [1.82, 2.24) is 9.88 Å². The number of piperazine rings is 1. The Balaban J connectivity index is 1.42. The Bertz CT molecular complexity index is 989. The number of carbonyl (C=O) groups is 1. The molecule has 1 aliphatic heterocycles. The Morgan fingerprint density at radius 1 is 1.11 bits per heavy atom. The molecule has 0 aliphatic carbocycles. The SMILES string of the molecule is COc1ccc(N2CCN(C(=O)Cc3c(C)[nH]c4ccc(Cl)cc34)CC2)cc1. The van der Waals surface area contributed by atoms with E-state index in [2.05, 4.69) is 22.0 Å². The zero-order valence-corrected chi connectivity index (χ0v) is 16.9. The van der Waals surface area contributed by atoms with Gasteiger partial charge in [0.25, 0.3) is 0 Å². The molecule has 146 valence electrons. The number of aryl methyl sites for hydroxylation is 1. The maximum Gasteiger partial charge on any atom is 0.227 e. The molecule has 1 N–H and O–H groups in total. The van der Waals surface area contributed by atoms with Crippen LogP contribution >= 0.6 is 11.6 Å². The van der Waals surface area contributed by atoms with Gasteiger partial charge in [0.1, 0.15) is 5.75 Å². The number of methoxy groups -OCH3 is 1. The number of amides is 1. The molecule has 0 unspecified atom stereocenters. The molecule has 2 aromatic carbocycles. The van der Waals surface area contributed by atoms with Gasteiger partial charge in [-0.25, -0.2) is 0 Å². The fraction of sp³-hybridized carbons (Fsp3) is 0.318. The summed E-state index contributed by atoms with van der Waals surface area (Å²) < 4.78 is 5.22. The first-order valence-electron chi connectivity index (χ1n) is 9.48. The Kier molecular flexibility index (Phi) is 5.18. The van der Waals surface area contributed by atoms with E-state index in [9.17, 15) is 4.79 Å². The summed E-state index contributed by atoms with van der Waals surface area (Å²) in [6.45, 7) is 5.13. The van der Waals surface area contributed by atoms with Gasteiger partial charge in [-0.3, -0.25) is 4.79 Å². The lowest BCUT2D eigenvalue weighted by Crippen LogP contribution is -2.49. The molecule has 28 heavy (non-hydrogen) atoms. The molecular formula is C22H24ClN3O2. The summed E-state index contributed by atoms with van der Waals surface area (Å²) in [6, 6.07) is 13.8. The van der Waals surface area contributed by atoms with Crippen molar-refractivity contribution in [3.8, 4) is 5.75 Å². The van der Waals surface area contributed by atoms with Crippen molar-refractivity contribution in [3.63, 3.8) is 0 Å². The number of hydrogen-bond donors (Lipinski definition) is 1. The van der Waals surface area contributed by atoms with Gasteiger partial charge in [0.2, 0.25) is 5.91 Å². The van der Waals surface area contributed by atoms with E-state index in [0.717, 1.165) is 59.8 Å². The Labute approximate surface area is 169 Å². The Morgan fingerprint density at radius 3 is 2.50 bits per heavy atom. The van der Waals surface area contributed by atoms with Crippen LogP contribution in [0, 0.1) is 6.92 Å². The summed E-state index contributed by atoms with van der Waals surface area (Å²) in [5.74, 6) is 1.02. The number of benzene rings is 2. The quantitative estimate of drug-likeness (QED) is 0.723. The summed E-state index contributed by atoms with van der Waals surface area (Å²) in [5.41, 5.74) is 4.26. The summed E-state index contributed by atoms with van der Waals surface area (Å²) in [5, 5.41) is 1.73. The number of rotatable bonds is 4. The highest BCUT2D eigenvalue weighted by atomic mass is 35.5. The minimum atomic E-state index is 0.165. The fourth-order valence-corrected chi connectivity index (χ4v) is 4.02. The van der Waals surface area contributed by atoms with E-state index < -0.39 is 0 Å². The van der Waals surface area contributed by atoms with E-state index in [1.807, 2.05) is 42.2 Å². The molecule has 6 heteroatoms. The Hall–Kier alpha value is -2.66. The standard InChI is InChI=1S/C22H24ClN3O2/c1-15-19(20-13-16(23)3-8-21(20)24-15)14-22(27)26-11-9-25(10-12-26)17-4-6-18(28-2)7-5-17/h3-8,13,24H,9-12,14H2,1-2H3. The lowest BCUT2D eigenvalue weighted by molar-refractivity contribution is -0.130. The van der Waals surface area contributed by atoms with Crippen molar-refractivity contribution in [2.24, 2.45) is 0 Å². The van der Waals surface area contributed by atoms with E-state index in [0.29, 0.717) is 11.4 Å². The average molecular weight is 398 g/mol. The van der Waals surface area contributed by atoms with Gasteiger partial charge in [-0.1, -0.05) is 11.6 Å².